The maximum Gasteiger partial charge on any atom is 0.00452 e. The lowest BCUT2D eigenvalue weighted by Crippen LogP contribution is -1.86. The Bertz CT molecular complexity index is 8.04. The largest absolute Gasteiger partial charge is 0.0776 e. The molecule has 0 aliphatic rings. The van der Waals surface area contributed by atoms with Gasteiger partial charge in [-0.1, -0.05) is 35.4 Å². The highest BCUT2D eigenvalue weighted by Crippen LogP contribution is 1.44. The Morgan fingerprint density at radius 2 is 0.857 bits per heavy atom. The van der Waals surface area contributed by atoms with Gasteiger partial charge < -0.3 is 0 Å². The molecule has 0 bridgehead atoms. The molecule has 0 nitrogen and oxygen atoms in total. The van der Waals surface area contributed by atoms with E-state index in [0.29, 0.717) is 18.1 Å². The van der Waals surface area contributed by atoms with Crippen molar-refractivity contribution in [3.05, 3.63) is 0 Å². The van der Waals surface area contributed by atoms with Crippen LogP contribution in [0.3, 0.4) is 0 Å². The van der Waals surface area contributed by atoms with Crippen LogP contribution in [0.2, 0.25) is 13.1 Å². The molecule has 0 fully saturated rings. The summed E-state index contributed by atoms with van der Waals surface area (Å²) in [4.78, 5) is 0. The Labute approximate surface area is 54.2 Å². The molecule has 0 aliphatic carbocycles. The van der Waals surface area contributed by atoms with Gasteiger partial charge in [0.1, 0.15) is 0 Å². The maximum atomic E-state index is 2.38. The minimum atomic E-state index is 0. The first-order valence-electron chi connectivity index (χ1n) is 1.91. The Morgan fingerprint density at radius 3 is 0.857 bits per heavy atom. The van der Waals surface area contributed by atoms with E-state index in [1.54, 1.807) is 0 Å². The lowest BCUT2D eigenvalue weighted by molar-refractivity contribution is 2.29. The Balaban J connectivity index is -0.0000000150. The molecule has 0 N–H and O–H groups in total. The zero-order valence-corrected chi connectivity index (χ0v) is 6.24. The molecule has 0 aromatic carbocycles. The van der Waals surface area contributed by atoms with Gasteiger partial charge in [-0.05, 0) is 0 Å². The topological polar surface area (TPSA) is 0 Å². The molecule has 7 heavy (non-hydrogen) atoms. The average molecular weight is 138 g/mol. The standard InChI is InChI=1S/C2H10Si2.3CH4/c1-3-4-2;;;/h3-4H2,1-2H3;3*1H4. The molecule has 0 spiro atoms. The molecular formula is C5H22Si2. The third-order valence-electron chi connectivity index (χ3n) is 0.500. The van der Waals surface area contributed by atoms with E-state index in [9.17, 15) is 0 Å². The van der Waals surface area contributed by atoms with Gasteiger partial charge in [0.15, 0.2) is 0 Å². The highest BCUT2D eigenvalue weighted by Gasteiger charge is 1.60. The van der Waals surface area contributed by atoms with Crippen LogP contribution in [0.5, 0.6) is 0 Å². The van der Waals surface area contributed by atoms with E-state index < -0.39 is 0 Å². The highest BCUT2D eigenvalue weighted by molar-refractivity contribution is 6.99. The van der Waals surface area contributed by atoms with Crippen molar-refractivity contribution >= 4 is 18.1 Å². The van der Waals surface area contributed by atoms with Gasteiger partial charge in [-0.2, -0.15) is 0 Å². The minimum absolute atomic E-state index is 0. The van der Waals surface area contributed by atoms with Crippen LogP contribution >= 0.6 is 0 Å². The van der Waals surface area contributed by atoms with Gasteiger partial charge in [0.2, 0.25) is 0 Å². The van der Waals surface area contributed by atoms with E-state index >= 15 is 0 Å². The summed E-state index contributed by atoms with van der Waals surface area (Å²) >= 11 is 0. The summed E-state index contributed by atoms with van der Waals surface area (Å²) in [6.45, 7) is 4.76. The Morgan fingerprint density at radius 1 is 0.714 bits per heavy atom. The molecule has 0 heterocycles. The first kappa shape index (κ1) is 26.1. The summed E-state index contributed by atoms with van der Waals surface area (Å²) in [5.41, 5.74) is 0. The third-order valence-corrected chi connectivity index (χ3v) is 4.50. The molecule has 2 heteroatoms. The molecule has 0 atom stereocenters. The van der Waals surface area contributed by atoms with Gasteiger partial charge >= 0.3 is 0 Å². The number of hydrogen-bond donors (Lipinski definition) is 0. The van der Waals surface area contributed by atoms with Gasteiger partial charge in [-0.15, -0.1) is 0 Å². The summed E-state index contributed by atoms with van der Waals surface area (Å²) in [6, 6.07) is 0. The molecule has 0 saturated carbocycles. The van der Waals surface area contributed by atoms with Crippen molar-refractivity contribution in [2.45, 2.75) is 35.4 Å². The molecule has 0 aromatic heterocycles. The van der Waals surface area contributed by atoms with Gasteiger partial charge in [0.25, 0.3) is 0 Å². The minimum Gasteiger partial charge on any atom is -0.0776 e. The normalized spacial score (nSPS) is 7.71. The summed E-state index contributed by atoms with van der Waals surface area (Å²) in [7, 11) is 1.13. The first-order chi connectivity index (χ1) is 1.91. The van der Waals surface area contributed by atoms with Gasteiger partial charge in [-0.25, -0.2) is 0 Å². The second kappa shape index (κ2) is 32.1. The van der Waals surface area contributed by atoms with E-state index in [4.69, 9.17) is 0 Å². The van der Waals surface area contributed by atoms with Crippen LogP contribution in [0.25, 0.3) is 0 Å². The van der Waals surface area contributed by atoms with E-state index in [1.807, 2.05) is 0 Å². The molecule has 0 aliphatic heterocycles. The monoisotopic (exact) mass is 138 g/mol. The van der Waals surface area contributed by atoms with E-state index in [-0.39, 0.29) is 22.3 Å². The Kier molecular flexibility index (Phi) is 120. The second-order valence-electron chi connectivity index (χ2n) is 1.000. The highest BCUT2D eigenvalue weighted by atomic mass is 29.1. The molecule has 0 unspecified atom stereocenters. The molecule has 0 radical (unpaired) electrons. The van der Waals surface area contributed by atoms with Gasteiger partial charge in [-0.3, -0.25) is 0 Å². The van der Waals surface area contributed by atoms with Gasteiger partial charge in [0, 0.05) is 18.1 Å². The summed E-state index contributed by atoms with van der Waals surface area (Å²) in [5.74, 6) is 0. The van der Waals surface area contributed by atoms with Crippen LogP contribution in [-0.2, 0) is 0 Å². The van der Waals surface area contributed by atoms with E-state index in [0.717, 1.165) is 0 Å². The van der Waals surface area contributed by atoms with Crippen molar-refractivity contribution in [1.82, 2.24) is 0 Å². The van der Waals surface area contributed by atoms with Crippen molar-refractivity contribution in [3.63, 3.8) is 0 Å². The van der Waals surface area contributed by atoms with Crippen molar-refractivity contribution in [2.75, 3.05) is 0 Å². The van der Waals surface area contributed by atoms with Crippen LogP contribution in [0.4, 0.5) is 0 Å². The third kappa shape index (κ3) is 61.5. The lowest BCUT2D eigenvalue weighted by atomic mass is 11.9. The number of hydrogen-bond acceptors (Lipinski definition) is 0. The fourth-order valence-electron chi connectivity index (χ4n) is 0. The predicted octanol–water partition coefficient (Wildman–Crippen LogP) is 1.24. The van der Waals surface area contributed by atoms with E-state index in [1.165, 1.54) is 0 Å². The molecule has 0 saturated heterocycles. The van der Waals surface area contributed by atoms with Crippen LogP contribution in [0, 0.1) is 0 Å². The molecule has 0 amide bonds. The van der Waals surface area contributed by atoms with E-state index in [2.05, 4.69) is 13.1 Å². The van der Waals surface area contributed by atoms with Gasteiger partial charge in [0.05, 0.1) is 0 Å². The molecule has 0 rings (SSSR count). The number of rotatable bonds is 1. The summed E-state index contributed by atoms with van der Waals surface area (Å²) in [5, 5.41) is 0. The van der Waals surface area contributed by atoms with Crippen LogP contribution in [0.15, 0.2) is 0 Å². The zero-order chi connectivity index (χ0) is 3.41. The Hall–Kier alpha value is 0.434. The SMILES string of the molecule is C.C.C.C[SiH2][SiH2]C. The van der Waals surface area contributed by atoms with Crippen molar-refractivity contribution < 1.29 is 0 Å². The maximum absolute atomic E-state index is 2.38. The second-order valence-corrected chi connectivity index (χ2v) is 9.00. The zero-order valence-electron chi connectivity index (χ0n) is 3.41. The fourth-order valence-corrected chi connectivity index (χ4v) is 0. The van der Waals surface area contributed by atoms with Crippen molar-refractivity contribution in [3.8, 4) is 0 Å². The average Bonchev–Trinajstić information content (AvgIpc) is 1.37. The smallest absolute Gasteiger partial charge is 0.00452 e. The van der Waals surface area contributed by atoms with Crippen molar-refractivity contribution in [2.24, 2.45) is 0 Å². The first-order valence-corrected chi connectivity index (χ1v) is 8.74. The van der Waals surface area contributed by atoms with Crippen LogP contribution in [0.1, 0.15) is 22.3 Å². The molecule has 50 valence electrons. The predicted molar refractivity (Wildman–Crippen MR) is 49.0 cm³/mol. The van der Waals surface area contributed by atoms with Crippen LogP contribution in [-0.4, -0.2) is 18.1 Å². The lowest BCUT2D eigenvalue weighted by Gasteiger charge is -1.64. The summed E-state index contributed by atoms with van der Waals surface area (Å²) < 4.78 is 0. The fraction of sp³-hybridized carbons (Fsp3) is 1.00. The quantitative estimate of drug-likeness (QED) is 0.478. The van der Waals surface area contributed by atoms with Crippen molar-refractivity contribution in [1.29, 1.82) is 0 Å². The molecule has 0 aromatic rings. The summed E-state index contributed by atoms with van der Waals surface area (Å²) in [6.07, 6.45) is 0. The molecular weight excluding hydrogens is 116 g/mol. The van der Waals surface area contributed by atoms with Crippen LogP contribution < -0.4 is 0 Å².